The van der Waals surface area contributed by atoms with Crippen molar-refractivity contribution in [2.24, 2.45) is 0 Å². The van der Waals surface area contributed by atoms with Gasteiger partial charge in [-0.1, -0.05) is 11.6 Å². The lowest BCUT2D eigenvalue weighted by Gasteiger charge is -2.08. The van der Waals surface area contributed by atoms with Gasteiger partial charge in [-0.3, -0.25) is 0 Å². The normalized spacial score (nSPS) is 10.3. The molecule has 6 heteroatoms. The van der Waals surface area contributed by atoms with Crippen LogP contribution >= 0.6 is 11.6 Å². The van der Waals surface area contributed by atoms with Gasteiger partial charge in [0.25, 0.3) is 0 Å². The van der Waals surface area contributed by atoms with Crippen molar-refractivity contribution in [3.8, 4) is 11.5 Å². The maximum Gasteiger partial charge on any atom is 0.335 e. The molecule has 2 rings (SSSR count). The molecule has 1 N–H and O–H groups in total. The van der Waals surface area contributed by atoms with Crippen LogP contribution in [0, 0.1) is 11.6 Å². The van der Waals surface area contributed by atoms with Crippen LogP contribution in [-0.4, -0.2) is 11.1 Å². The highest BCUT2D eigenvalue weighted by Crippen LogP contribution is 2.31. The third-order valence-corrected chi connectivity index (χ3v) is 2.59. The summed E-state index contributed by atoms with van der Waals surface area (Å²) in [5, 5.41) is 8.78. The van der Waals surface area contributed by atoms with Gasteiger partial charge >= 0.3 is 5.97 Å². The monoisotopic (exact) mass is 284 g/mol. The van der Waals surface area contributed by atoms with Gasteiger partial charge in [-0.05, 0) is 30.3 Å². The Morgan fingerprint density at radius 2 is 1.79 bits per heavy atom. The number of hydrogen-bond acceptors (Lipinski definition) is 2. The molecule has 0 aromatic heterocycles. The summed E-state index contributed by atoms with van der Waals surface area (Å²) >= 11 is 5.82. The van der Waals surface area contributed by atoms with E-state index < -0.39 is 17.6 Å². The summed E-state index contributed by atoms with van der Waals surface area (Å²) in [6, 6.07) is 6.58. The van der Waals surface area contributed by atoms with Crippen molar-refractivity contribution in [2.75, 3.05) is 0 Å². The molecule has 0 fully saturated rings. The summed E-state index contributed by atoms with van der Waals surface area (Å²) in [6.45, 7) is 0. The Bertz CT molecular complexity index is 644. The molecule has 0 saturated heterocycles. The Kier molecular flexibility index (Phi) is 3.66. The molecular formula is C13H7ClF2O3. The molecule has 0 unspecified atom stereocenters. The van der Waals surface area contributed by atoms with Crippen LogP contribution in [0.3, 0.4) is 0 Å². The van der Waals surface area contributed by atoms with Crippen molar-refractivity contribution in [1.82, 2.24) is 0 Å². The number of carbonyl (C=O) groups is 1. The van der Waals surface area contributed by atoms with E-state index in [9.17, 15) is 13.6 Å². The minimum atomic E-state index is -1.14. The van der Waals surface area contributed by atoms with E-state index >= 15 is 0 Å². The highest BCUT2D eigenvalue weighted by atomic mass is 35.5. The van der Waals surface area contributed by atoms with Crippen LogP contribution in [-0.2, 0) is 0 Å². The Labute approximate surface area is 112 Å². The van der Waals surface area contributed by atoms with Crippen molar-refractivity contribution < 1.29 is 23.4 Å². The fourth-order valence-electron chi connectivity index (χ4n) is 1.39. The van der Waals surface area contributed by atoms with E-state index in [1.165, 1.54) is 18.2 Å². The van der Waals surface area contributed by atoms with Gasteiger partial charge in [0.1, 0.15) is 11.6 Å². The zero-order chi connectivity index (χ0) is 14.0. The third-order valence-electron chi connectivity index (χ3n) is 2.29. The van der Waals surface area contributed by atoms with Crippen molar-refractivity contribution in [3.05, 3.63) is 58.6 Å². The molecule has 3 nitrogen and oxygen atoms in total. The van der Waals surface area contributed by atoms with E-state index in [0.717, 1.165) is 12.1 Å². The number of benzene rings is 2. The highest BCUT2D eigenvalue weighted by molar-refractivity contribution is 6.32. The Morgan fingerprint density at radius 3 is 2.37 bits per heavy atom. The quantitative estimate of drug-likeness (QED) is 0.922. The van der Waals surface area contributed by atoms with Gasteiger partial charge in [-0.25, -0.2) is 13.6 Å². The molecule has 2 aromatic rings. The first-order valence-corrected chi connectivity index (χ1v) is 5.51. The van der Waals surface area contributed by atoms with Crippen molar-refractivity contribution in [3.63, 3.8) is 0 Å². The van der Waals surface area contributed by atoms with Gasteiger partial charge in [-0.15, -0.1) is 0 Å². The third kappa shape index (κ3) is 3.00. The summed E-state index contributed by atoms with van der Waals surface area (Å²) in [4.78, 5) is 10.7. The molecule has 0 aliphatic heterocycles. The molecule has 0 radical (unpaired) electrons. The molecule has 0 aliphatic carbocycles. The fraction of sp³-hybridized carbons (Fsp3) is 0. The van der Waals surface area contributed by atoms with Crippen LogP contribution < -0.4 is 4.74 Å². The van der Waals surface area contributed by atoms with Gasteiger partial charge in [0.05, 0.1) is 10.6 Å². The molecule has 98 valence electrons. The first kappa shape index (κ1) is 13.3. The molecule has 19 heavy (non-hydrogen) atoms. The first-order chi connectivity index (χ1) is 8.97. The SMILES string of the molecule is O=C(O)c1ccc(Oc2ccc(F)cc2F)c(Cl)c1. The maximum absolute atomic E-state index is 13.4. The number of aromatic carboxylic acids is 1. The van der Waals surface area contributed by atoms with Gasteiger partial charge in [0.2, 0.25) is 0 Å². The topological polar surface area (TPSA) is 46.5 Å². The maximum atomic E-state index is 13.4. The number of rotatable bonds is 3. The van der Waals surface area contributed by atoms with E-state index in [4.69, 9.17) is 21.4 Å². The van der Waals surface area contributed by atoms with Crippen LogP contribution in [0.1, 0.15) is 10.4 Å². The molecule has 0 spiro atoms. The second-order valence-corrected chi connectivity index (χ2v) is 4.03. The lowest BCUT2D eigenvalue weighted by molar-refractivity contribution is 0.0697. The smallest absolute Gasteiger partial charge is 0.335 e. The fourth-order valence-corrected chi connectivity index (χ4v) is 1.61. The number of carboxylic acid groups (broad SMARTS) is 1. The van der Waals surface area contributed by atoms with E-state index in [2.05, 4.69) is 0 Å². The first-order valence-electron chi connectivity index (χ1n) is 5.13. The van der Waals surface area contributed by atoms with Gasteiger partial charge in [0.15, 0.2) is 11.6 Å². The van der Waals surface area contributed by atoms with Crippen LogP contribution in [0.4, 0.5) is 8.78 Å². The number of hydrogen-bond donors (Lipinski definition) is 1. The molecule has 2 aromatic carbocycles. The largest absolute Gasteiger partial charge is 0.478 e. The zero-order valence-electron chi connectivity index (χ0n) is 9.36. The average Bonchev–Trinajstić information content (AvgIpc) is 2.34. The predicted octanol–water partition coefficient (Wildman–Crippen LogP) is 4.11. The molecular weight excluding hydrogens is 278 g/mol. The van der Waals surface area contributed by atoms with Crippen LogP contribution in [0.25, 0.3) is 0 Å². The van der Waals surface area contributed by atoms with Crippen LogP contribution in [0.2, 0.25) is 5.02 Å². The van der Waals surface area contributed by atoms with E-state index in [1.54, 1.807) is 0 Å². The molecule has 0 atom stereocenters. The predicted molar refractivity (Wildman–Crippen MR) is 64.8 cm³/mol. The van der Waals surface area contributed by atoms with Gasteiger partial charge < -0.3 is 9.84 Å². The Hall–Kier alpha value is -2.14. The molecule has 0 saturated carbocycles. The van der Waals surface area contributed by atoms with Crippen molar-refractivity contribution in [1.29, 1.82) is 0 Å². The van der Waals surface area contributed by atoms with Crippen molar-refractivity contribution in [2.45, 2.75) is 0 Å². The lowest BCUT2D eigenvalue weighted by atomic mass is 10.2. The minimum Gasteiger partial charge on any atom is -0.478 e. The summed E-state index contributed by atoms with van der Waals surface area (Å²) in [5.74, 6) is -2.86. The summed E-state index contributed by atoms with van der Waals surface area (Å²) in [6.07, 6.45) is 0. The number of ether oxygens (including phenoxy) is 1. The average molecular weight is 285 g/mol. The summed E-state index contributed by atoms with van der Waals surface area (Å²) in [7, 11) is 0. The second-order valence-electron chi connectivity index (χ2n) is 3.63. The van der Waals surface area contributed by atoms with E-state index in [1.807, 2.05) is 0 Å². The number of carboxylic acids is 1. The second kappa shape index (κ2) is 5.24. The van der Waals surface area contributed by atoms with Crippen LogP contribution in [0.5, 0.6) is 11.5 Å². The number of halogens is 3. The summed E-state index contributed by atoms with van der Waals surface area (Å²) < 4.78 is 31.3. The molecule has 0 heterocycles. The van der Waals surface area contributed by atoms with E-state index in [-0.39, 0.29) is 22.1 Å². The van der Waals surface area contributed by atoms with Crippen molar-refractivity contribution >= 4 is 17.6 Å². The Balaban J connectivity index is 2.31. The standard InChI is InChI=1S/C13H7ClF2O3/c14-9-5-7(13(17)18)1-3-11(9)19-12-4-2-8(15)6-10(12)16/h1-6H,(H,17,18). The van der Waals surface area contributed by atoms with Gasteiger partial charge in [-0.2, -0.15) is 0 Å². The Morgan fingerprint density at radius 1 is 1.11 bits per heavy atom. The zero-order valence-corrected chi connectivity index (χ0v) is 10.1. The molecule has 0 amide bonds. The highest BCUT2D eigenvalue weighted by Gasteiger charge is 2.11. The molecule has 0 bridgehead atoms. The summed E-state index contributed by atoms with van der Waals surface area (Å²) in [5.41, 5.74) is -0.0167. The lowest BCUT2D eigenvalue weighted by Crippen LogP contribution is -1.96. The van der Waals surface area contributed by atoms with Crippen LogP contribution in [0.15, 0.2) is 36.4 Å². The van der Waals surface area contributed by atoms with E-state index in [0.29, 0.717) is 6.07 Å². The molecule has 0 aliphatic rings. The minimum absolute atomic E-state index is 0.0167. The van der Waals surface area contributed by atoms with Gasteiger partial charge in [0, 0.05) is 6.07 Å².